The maximum atomic E-state index is 13.8. The van der Waals surface area contributed by atoms with Gasteiger partial charge < -0.3 is 9.88 Å². The summed E-state index contributed by atoms with van der Waals surface area (Å²) in [5.74, 6) is -0.390. The van der Waals surface area contributed by atoms with Crippen LogP contribution in [-0.2, 0) is 6.54 Å². The molecule has 0 unspecified atom stereocenters. The van der Waals surface area contributed by atoms with Crippen molar-refractivity contribution in [1.82, 2.24) is 9.88 Å². The summed E-state index contributed by atoms with van der Waals surface area (Å²) < 4.78 is 15.9. The molecule has 0 fully saturated rings. The number of allylic oxidation sites excluding steroid dienone is 4. The van der Waals surface area contributed by atoms with Gasteiger partial charge in [-0.2, -0.15) is 0 Å². The Morgan fingerprint density at radius 3 is 2.30 bits per heavy atom. The monoisotopic (exact) mass is 442 g/mol. The van der Waals surface area contributed by atoms with Crippen LogP contribution in [0.4, 0.5) is 4.39 Å². The van der Waals surface area contributed by atoms with E-state index in [9.17, 15) is 9.18 Å². The summed E-state index contributed by atoms with van der Waals surface area (Å²) in [6.07, 6.45) is 7.21. The first-order valence-electron chi connectivity index (χ1n) is 11.3. The van der Waals surface area contributed by atoms with E-state index in [-0.39, 0.29) is 17.6 Å². The average molecular weight is 443 g/mol. The number of carbonyl (C=O) groups is 1. The third kappa shape index (κ3) is 5.06. The number of nitrogens with one attached hydrogen (secondary N) is 1. The topological polar surface area (TPSA) is 34.0 Å². The minimum atomic E-state index is -0.290. The van der Waals surface area contributed by atoms with Crippen molar-refractivity contribution >= 4 is 5.91 Å². The molecule has 3 rings (SSSR count). The lowest BCUT2D eigenvalue weighted by molar-refractivity contribution is 0.0966. The zero-order chi connectivity index (χ0) is 24.0. The predicted octanol–water partition coefficient (Wildman–Crippen LogP) is 7.48. The van der Waals surface area contributed by atoms with E-state index in [0.717, 1.165) is 28.1 Å². The van der Waals surface area contributed by atoms with Gasteiger partial charge in [-0.3, -0.25) is 4.79 Å². The summed E-state index contributed by atoms with van der Waals surface area (Å²) in [7, 11) is 0. The van der Waals surface area contributed by atoms with Gasteiger partial charge in [-0.15, -0.1) is 0 Å². The molecule has 1 heterocycles. The van der Waals surface area contributed by atoms with E-state index >= 15 is 0 Å². The molecule has 0 saturated heterocycles. The van der Waals surface area contributed by atoms with Crippen LogP contribution in [0.5, 0.6) is 0 Å². The average Bonchev–Trinajstić information content (AvgIpc) is 3.18. The molecule has 1 aromatic heterocycles. The molecule has 170 valence electrons. The summed E-state index contributed by atoms with van der Waals surface area (Å²) in [4.78, 5) is 13.8. The van der Waals surface area contributed by atoms with Crippen LogP contribution in [0, 0.1) is 5.82 Å². The summed E-state index contributed by atoms with van der Waals surface area (Å²) in [6.45, 7) is 12.7. The van der Waals surface area contributed by atoms with Crippen LogP contribution in [-0.4, -0.2) is 10.5 Å². The molecule has 4 heteroatoms. The molecule has 0 saturated carbocycles. The Balaban J connectivity index is 2.36. The van der Waals surface area contributed by atoms with Gasteiger partial charge in [0.15, 0.2) is 0 Å². The van der Waals surface area contributed by atoms with Gasteiger partial charge in [0.25, 0.3) is 5.91 Å². The lowest BCUT2D eigenvalue weighted by Gasteiger charge is -2.15. The lowest BCUT2D eigenvalue weighted by Crippen LogP contribution is -2.24. The number of carbonyl (C=O) groups excluding carboxylic acids is 1. The summed E-state index contributed by atoms with van der Waals surface area (Å²) in [5, 5.41) is 3.03. The molecule has 0 aliphatic rings. The van der Waals surface area contributed by atoms with E-state index in [1.54, 1.807) is 18.2 Å². The molecule has 3 aromatic rings. The van der Waals surface area contributed by atoms with Crippen molar-refractivity contribution in [3.05, 3.63) is 108 Å². The van der Waals surface area contributed by atoms with Crippen molar-refractivity contribution in [2.45, 2.75) is 40.2 Å². The zero-order valence-corrected chi connectivity index (χ0v) is 19.7. The van der Waals surface area contributed by atoms with Crippen molar-refractivity contribution in [1.29, 1.82) is 0 Å². The van der Waals surface area contributed by atoms with Crippen LogP contribution >= 0.6 is 0 Å². The fourth-order valence-corrected chi connectivity index (χ4v) is 4.14. The minimum Gasteiger partial charge on any atom is -0.343 e. The van der Waals surface area contributed by atoms with Gasteiger partial charge in [0.05, 0.1) is 11.3 Å². The summed E-state index contributed by atoms with van der Waals surface area (Å²) in [5.41, 5.74) is 5.77. The Morgan fingerprint density at radius 1 is 1.09 bits per heavy atom. The van der Waals surface area contributed by atoms with E-state index in [1.807, 2.05) is 55.5 Å². The number of rotatable bonds is 8. The van der Waals surface area contributed by atoms with Gasteiger partial charge >= 0.3 is 0 Å². The number of hydrogen-bond donors (Lipinski definition) is 1. The van der Waals surface area contributed by atoms with Crippen LogP contribution in [0.2, 0.25) is 0 Å². The Bertz CT molecular complexity index is 1180. The van der Waals surface area contributed by atoms with E-state index in [0.29, 0.717) is 17.8 Å². The van der Waals surface area contributed by atoms with Gasteiger partial charge in [-0.1, -0.05) is 62.9 Å². The molecule has 0 aliphatic carbocycles. The molecule has 0 bridgehead atoms. The van der Waals surface area contributed by atoms with Crippen molar-refractivity contribution in [2.75, 3.05) is 0 Å². The molecule has 33 heavy (non-hydrogen) atoms. The highest BCUT2D eigenvalue weighted by atomic mass is 19.1. The smallest absolute Gasteiger partial charge is 0.258 e. The molecular formula is C29H31FN2O. The van der Waals surface area contributed by atoms with Crippen LogP contribution in [0.25, 0.3) is 22.4 Å². The van der Waals surface area contributed by atoms with E-state index in [2.05, 4.69) is 37.2 Å². The largest absolute Gasteiger partial charge is 0.343 e. The molecule has 1 amide bonds. The van der Waals surface area contributed by atoms with Crippen molar-refractivity contribution in [3.8, 4) is 22.4 Å². The Hall–Kier alpha value is -3.66. The van der Waals surface area contributed by atoms with E-state index in [4.69, 9.17) is 0 Å². The second-order valence-electron chi connectivity index (χ2n) is 8.06. The van der Waals surface area contributed by atoms with Gasteiger partial charge in [0.2, 0.25) is 0 Å². The Kier molecular flexibility index (Phi) is 7.83. The maximum Gasteiger partial charge on any atom is 0.258 e. The number of hydrogen-bond acceptors (Lipinski definition) is 1. The fourth-order valence-electron chi connectivity index (χ4n) is 4.14. The maximum absolute atomic E-state index is 13.8. The predicted molar refractivity (Wildman–Crippen MR) is 136 cm³/mol. The number of amides is 1. The second kappa shape index (κ2) is 10.8. The highest BCUT2D eigenvalue weighted by molar-refractivity contribution is 6.07. The van der Waals surface area contributed by atoms with Gasteiger partial charge in [0.1, 0.15) is 5.82 Å². The molecule has 3 nitrogen and oxygen atoms in total. The highest BCUT2D eigenvalue weighted by Crippen LogP contribution is 2.42. The zero-order valence-electron chi connectivity index (χ0n) is 19.7. The molecule has 0 atom stereocenters. The molecule has 2 aromatic carbocycles. The Labute approximate surface area is 196 Å². The van der Waals surface area contributed by atoms with E-state index < -0.39 is 0 Å². The summed E-state index contributed by atoms with van der Waals surface area (Å²) >= 11 is 0. The molecule has 0 aliphatic heterocycles. The number of nitrogens with zero attached hydrogens (tertiary/aromatic N) is 1. The molecule has 0 radical (unpaired) electrons. The van der Waals surface area contributed by atoms with Crippen molar-refractivity contribution in [2.24, 2.45) is 0 Å². The standard InChI is InChI=1S/C29H31FN2O/c1-6-9-15-24(7-2)31-29(33)26-25(21-13-11-10-12-14-21)28(22-16-18-23(30)19-17-22)32(8-3)27(26)20(4)5/h6-7,9-20H,2,8H2,1,3-5H3,(H,31,33)/b9-6-,24-15+. The first-order valence-corrected chi connectivity index (χ1v) is 11.3. The normalized spacial score (nSPS) is 11.9. The van der Waals surface area contributed by atoms with Crippen LogP contribution in [0.15, 0.2) is 91.2 Å². The summed E-state index contributed by atoms with van der Waals surface area (Å²) in [6, 6.07) is 16.4. The molecule has 0 spiro atoms. The number of halogens is 1. The van der Waals surface area contributed by atoms with Crippen LogP contribution in [0.3, 0.4) is 0 Å². The highest BCUT2D eigenvalue weighted by Gasteiger charge is 2.29. The third-order valence-electron chi connectivity index (χ3n) is 5.52. The van der Waals surface area contributed by atoms with Gasteiger partial charge in [-0.25, -0.2) is 4.39 Å². The Morgan fingerprint density at radius 2 is 1.76 bits per heavy atom. The van der Waals surface area contributed by atoms with Crippen LogP contribution in [0.1, 0.15) is 49.7 Å². The number of aromatic nitrogens is 1. The van der Waals surface area contributed by atoms with Crippen LogP contribution < -0.4 is 5.32 Å². The lowest BCUT2D eigenvalue weighted by atomic mass is 9.94. The van der Waals surface area contributed by atoms with E-state index in [1.165, 1.54) is 12.1 Å². The minimum absolute atomic E-state index is 0.0917. The fraction of sp³-hybridized carbons (Fsp3) is 0.207. The molecule has 1 N–H and O–H groups in total. The first-order chi connectivity index (χ1) is 15.9. The first kappa shape index (κ1) is 24.0. The van der Waals surface area contributed by atoms with Crippen molar-refractivity contribution < 1.29 is 9.18 Å². The SMILES string of the molecule is C=C/C(=C\C=C/C)NC(=O)c1c(-c2ccccc2)c(-c2ccc(F)cc2)n(CC)c1C(C)C. The third-order valence-corrected chi connectivity index (χ3v) is 5.52. The number of benzene rings is 2. The quantitative estimate of drug-likeness (QED) is 0.361. The second-order valence-corrected chi connectivity index (χ2v) is 8.06. The molecular weight excluding hydrogens is 411 g/mol. The van der Waals surface area contributed by atoms with Crippen molar-refractivity contribution in [3.63, 3.8) is 0 Å². The van der Waals surface area contributed by atoms with Gasteiger partial charge in [-0.05, 0) is 67.3 Å². The van der Waals surface area contributed by atoms with Gasteiger partial charge in [0, 0.05) is 23.5 Å².